The molecule has 98 valence electrons. The molecule has 0 aromatic rings. The Morgan fingerprint density at radius 2 is 2.06 bits per heavy atom. The fraction of sp³-hybridized carbons (Fsp3) is 0.917. The highest BCUT2D eigenvalue weighted by atomic mass is 16.5. The molecule has 2 rings (SSSR count). The minimum Gasteiger partial charge on any atom is -0.453 e. The van der Waals surface area contributed by atoms with E-state index in [2.05, 4.69) is 10.2 Å². The molecule has 0 aromatic heterocycles. The molecule has 5 heteroatoms. The van der Waals surface area contributed by atoms with Crippen LogP contribution in [0.25, 0.3) is 0 Å². The topological polar surface area (TPSA) is 44.8 Å². The van der Waals surface area contributed by atoms with Crippen LogP contribution in [0, 0.1) is 0 Å². The second-order valence-corrected chi connectivity index (χ2v) is 4.86. The van der Waals surface area contributed by atoms with Crippen molar-refractivity contribution in [2.45, 2.75) is 25.3 Å². The largest absolute Gasteiger partial charge is 0.453 e. The van der Waals surface area contributed by atoms with E-state index in [0.717, 1.165) is 52.1 Å². The second kappa shape index (κ2) is 6.21. The van der Waals surface area contributed by atoms with E-state index in [1.54, 1.807) is 0 Å². The maximum absolute atomic E-state index is 11.7. The monoisotopic (exact) mass is 241 g/mol. The van der Waals surface area contributed by atoms with Gasteiger partial charge in [0.2, 0.25) is 0 Å². The number of methoxy groups -OCH3 is 1. The minimum atomic E-state index is -0.162. The molecule has 5 nitrogen and oxygen atoms in total. The molecule has 2 aliphatic heterocycles. The van der Waals surface area contributed by atoms with Crippen LogP contribution in [0.15, 0.2) is 0 Å². The first-order valence-corrected chi connectivity index (χ1v) is 6.59. The SMILES string of the molecule is COC(=O)N1CCCCC1CN1CCNCC1. The van der Waals surface area contributed by atoms with Gasteiger partial charge in [0, 0.05) is 45.3 Å². The molecule has 17 heavy (non-hydrogen) atoms. The van der Waals surface area contributed by atoms with Crippen LogP contribution in [0.5, 0.6) is 0 Å². The molecule has 0 spiro atoms. The van der Waals surface area contributed by atoms with Gasteiger partial charge < -0.3 is 15.0 Å². The smallest absolute Gasteiger partial charge is 0.409 e. The summed E-state index contributed by atoms with van der Waals surface area (Å²) in [4.78, 5) is 16.0. The fourth-order valence-corrected chi connectivity index (χ4v) is 2.74. The van der Waals surface area contributed by atoms with Gasteiger partial charge in [-0.1, -0.05) is 0 Å². The van der Waals surface area contributed by atoms with Gasteiger partial charge in [-0.15, -0.1) is 0 Å². The Morgan fingerprint density at radius 3 is 2.76 bits per heavy atom. The van der Waals surface area contributed by atoms with Gasteiger partial charge in [-0.3, -0.25) is 4.90 Å². The van der Waals surface area contributed by atoms with Crippen LogP contribution in [0.3, 0.4) is 0 Å². The first-order chi connectivity index (χ1) is 8.31. The van der Waals surface area contributed by atoms with E-state index >= 15 is 0 Å². The Bertz CT molecular complexity index is 254. The van der Waals surface area contributed by atoms with Crippen molar-refractivity contribution in [3.8, 4) is 0 Å². The van der Waals surface area contributed by atoms with E-state index in [1.807, 2.05) is 4.90 Å². The molecule has 0 bridgehead atoms. The normalized spacial score (nSPS) is 26.9. The number of rotatable bonds is 2. The van der Waals surface area contributed by atoms with E-state index in [0.29, 0.717) is 6.04 Å². The molecule has 2 heterocycles. The minimum absolute atomic E-state index is 0.162. The number of hydrogen-bond acceptors (Lipinski definition) is 4. The summed E-state index contributed by atoms with van der Waals surface area (Å²) in [6, 6.07) is 0.342. The van der Waals surface area contributed by atoms with Crippen molar-refractivity contribution in [2.75, 3.05) is 46.4 Å². The standard InChI is InChI=1S/C12H23N3O2/c1-17-12(16)15-7-3-2-4-11(15)10-14-8-5-13-6-9-14/h11,13H,2-10H2,1H3. The van der Waals surface area contributed by atoms with Crippen molar-refractivity contribution in [1.29, 1.82) is 0 Å². The number of carbonyl (C=O) groups excluding carboxylic acids is 1. The lowest BCUT2D eigenvalue weighted by molar-refractivity contribution is 0.0715. The molecule has 0 radical (unpaired) electrons. The van der Waals surface area contributed by atoms with Crippen LogP contribution in [-0.4, -0.2) is 68.3 Å². The van der Waals surface area contributed by atoms with Gasteiger partial charge in [0.1, 0.15) is 0 Å². The van der Waals surface area contributed by atoms with E-state index in [-0.39, 0.29) is 6.09 Å². The lowest BCUT2D eigenvalue weighted by Crippen LogP contribution is -2.53. The number of amides is 1. The molecule has 2 aliphatic rings. The highest BCUT2D eigenvalue weighted by molar-refractivity contribution is 5.68. The van der Waals surface area contributed by atoms with Crippen molar-refractivity contribution in [1.82, 2.24) is 15.1 Å². The van der Waals surface area contributed by atoms with Crippen LogP contribution >= 0.6 is 0 Å². The Labute approximate surface area is 103 Å². The first-order valence-electron chi connectivity index (χ1n) is 6.59. The molecule has 0 aliphatic carbocycles. The Kier molecular flexibility index (Phi) is 4.62. The zero-order valence-electron chi connectivity index (χ0n) is 10.7. The predicted octanol–water partition coefficient (Wildman–Crippen LogP) is 0.513. The first kappa shape index (κ1) is 12.6. The van der Waals surface area contributed by atoms with Crippen LogP contribution in [-0.2, 0) is 4.74 Å². The van der Waals surface area contributed by atoms with Crippen LogP contribution in [0.1, 0.15) is 19.3 Å². The molecule has 0 aromatic carbocycles. The van der Waals surface area contributed by atoms with Crippen molar-refractivity contribution < 1.29 is 9.53 Å². The summed E-state index contributed by atoms with van der Waals surface area (Å²) in [7, 11) is 1.47. The average Bonchev–Trinajstić information content (AvgIpc) is 2.40. The number of nitrogens with one attached hydrogen (secondary N) is 1. The molecule has 1 N–H and O–H groups in total. The molecule has 1 atom stereocenters. The van der Waals surface area contributed by atoms with Crippen molar-refractivity contribution >= 4 is 6.09 Å². The number of piperazine rings is 1. The summed E-state index contributed by atoms with van der Waals surface area (Å²) in [6.45, 7) is 6.15. The van der Waals surface area contributed by atoms with Gasteiger partial charge in [0.25, 0.3) is 0 Å². The third kappa shape index (κ3) is 3.33. The van der Waals surface area contributed by atoms with Crippen molar-refractivity contribution in [2.24, 2.45) is 0 Å². The van der Waals surface area contributed by atoms with Crippen molar-refractivity contribution in [3.05, 3.63) is 0 Å². The van der Waals surface area contributed by atoms with Gasteiger partial charge in [-0.05, 0) is 19.3 Å². The summed E-state index contributed by atoms with van der Waals surface area (Å²) < 4.78 is 4.87. The molecular weight excluding hydrogens is 218 g/mol. The quantitative estimate of drug-likeness (QED) is 0.765. The maximum Gasteiger partial charge on any atom is 0.409 e. The Balaban J connectivity index is 1.88. The molecule has 0 saturated carbocycles. The molecule has 1 amide bonds. The third-order valence-corrected chi connectivity index (χ3v) is 3.71. The lowest BCUT2D eigenvalue weighted by atomic mass is 10.0. The predicted molar refractivity (Wildman–Crippen MR) is 66.1 cm³/mol. The summed E-state index contributed by atoms with van der Waals surface area (Å²) >= 11 is 0. The summed E-state index contributed by atoms with van der Waals surface area (Å²) in [5.41, 5.74) is 0. The molecule has 2 fully saturated rings. The van der Waals surface area contributed by atoms with E-state index in [9.17, 15) is 4.79 Å². The summed E-state index contributed by atoms with van der Waals surface area (Å²) in [6.07, 6.45) is 3.28. The number of likely N-dealkylation sites (tertiary alicyclic amines) is 1. The highest BCUT2D eigenvalue weighted by Crippen LogP contribution is 2.19. The van der Waals surface area contributed by atoms with Gasteiger partial charge in [0.05, 0.1) is 7.11 Å². The van der Waals surface area contributed by atoms with Crippen LogP contribution < -0.4 is 5.32 Å². The fourth-order valence-electron chi connectivity index (χ4n) is 2.74. The maximum atomic E-state index is 11.7. The number of hydrogen-bond donors (Lipinski definition) is 1. The molecule has 2 saturated heterocycles. The zero-order chi connectivity index (χ0) is 12.1. The van der Waals surface area contributed by atoms with E-state index in [1.165, 1.54) is 13.5 Å². The average molecular weight is 241 g/mol. The number of nitrogens with zero attached hydrogens (tertiary/aromatic N) is 2. The summed E-state index contributed by atoms with van der Waals surface area (Å²) in [5.74, 6) is 0. The van der Waals surface area contributed by atoms with Gasteiger partial charge in [-0.25, -0.2) is 4.79 Å². The van der Waals surface area contributed by atoms with E-state index < -0.39 is 0 Å². The molecule has 1 unspecified atom stereocenters. The molecular formula is C12H23N3O2. The zero-order valence-corrected chi connectivity index (χ0v) is 10.7. The van der Waals surface area contributed by atoms with Crippen LogP contribution in [0.2, 0.25) is 0 Å². The number of ether oxygens (including phenoxy) is 1. The lowest BCUT2D eigenvalue weighted by Gasteiger charge is -2.38. The Hall–Kier alpha value is -0.810. The van der Waals surface area contributed by atoms with Gasteiger partial charge in [0.15, 0.2) is 0 Å². The van der Waals surface area contributed by atoms with Crippen LogP contribution in [0.4, 0.5) is 4.79 Å². The Morgan fingerprint density at radius 1 is 1.29 bits per heavy atom. The highest BCUT2D eigenvalue weighted by Gasteiger charge is 2.29. The van der Waals surface area contributed by atoms with E-state index in [4.69, 9.17) is 4.74 Å². The number of carbonyl (C=O) groups is 1. The summed E-state index contributed by atoms with van der Waals surface area (Å²) in [5, 5.41) is 3.35. The van der Waals surface area contributed by atoms with Crippen molar-refractivity contribution in [3.63, 3.8) is 0 Å². The van der Waals surface area contributed by atoms with Gasteiger partial charge >= 0.3 is 6.09 Å². The van der Waals surface area contributed by atoms with Gasteiger partial charge in [-0.2, -0.15) is 0 Å². The number of piperidine rings is 1. The second-order valence-electron chi connectivity index (χ2n) is 4.86. The third-order valence-electron chi connectivity index (χ3n) is 3.71.